The van der Waals surface area contributed by atoms with E-state index in [4.69, 9.17) is 16.3 Å². The molecule has 0 aromatic heterocycles. The van der Waals surface area contributed by atoms with Crippen LogP contribution in [0.15, 0.2) is 77.7 Å². The molecule has 0 radical (unpaired) electrons. The van der Waals surface area contributed by atoms with Gasteiger partial charge < -0.3 is 4.74 Å². The minimum Gasteiger partial charge on any atom is -0.486 e. The quantitative estimate of drug-likeness (QED) is 0.532. The Morgan fingerprint density at radius 1 is 1.00 bits per heavy atom. The summed E-state index contributed by atoms with van der Waals surface area (Å²) in [6.45, 7) is 2.32. The van der Waals surface area contributed by atoms with Gasteiger partial charge in [-0.05, 0) is 62.2 Å². The molecule has 0 spiro atoms. The van der Waals surface area contributed by atoms with Crippen molar-refractivity contribution in [2.45, 2.75) is 30.8 Å². The molecule has 0 amide bonds. The first-order valence-corrected chi connectivity index (χ1v) is 11.4. The number of halogens is 1. The van der Waals surface area contributed by atoms with Gasteiger partial charge in [0, 0.05) is 17.1 Å². The highest BCUT2D eigenvalue weighted by molar-refractivity contribution is 7.92. The van der Waals surface area contributed by atoms with Crippen molar-refractivity contribution < 1.29 is 13.2 Å². The highest BCUT2D eigenvalue weighted by Crippen LogP contribution is 2.39. The van der Waals surface area contributed by atoms with E-state index in [1.54, 1.807) is 24.3 Å². The van der Waals surface area contributed by atoms with Crippen LogP contribution >= 0.6 is 11.6 Å². The Morgan fingerprint density at radius 3 is 2.45 bits per heavy atom. The SMILES string of the molecule is Cc1ccc(S(=O)(=O)N2CCCC(Oc3ccccc3)c3cc(Cl)ccc32)cc1. The molecule has 150 valence electrons. The summed E-state index contributed by atoms with van der Waals surface area (Å²) in [7, 11) is -3.69. The van der Waals surface area contributed by atoms with Gasteiger partial charge in [0.15, 0.2) is 0 Å². The Bertz CT molecular complexity index is 1100. The van der Waals surface area contributed by atoms with Crippen LogP contribution in [0.25, 0.3) is 0 Å². The van der Waals surface area contributed by atoms with Gasteiger partial charge in [-0.3, -0.25) is 4.31 Å². The summed E-state index contributed by atoms with van der Waals surface area (Å²) < 4.78 is 34.5. The van der Waals surface area contributed by atoms with Gasteiger partial charge in [0.25, 0.3) is 10.0 Å². The molecular formula is C23H22ClNO3S. The maximum atomic E-state index is 13.4. The monoisotopic (exact) mass is 427 g/mol. The lowest BCUT2D eigenvalue weighted by molar-refractivity contribution is 0.196. The lowest BCUT2D eigenvalue weighted by Gasteiger charge is -2.26. The third-order valence-electron chi connectivity index (χ3n) is 5.06. The summed E-state index contributed by atoms with van der Waals surface area (Å²) in [6.07, 6.45) is 1.10. The van der Waals surface area contributed by atoms with Gasteiger partial charge in [-0.15, -0.1) is 0 Å². The third-order valence-corrected chi connectivity index (χ3v) is 7.13. The van der Waals surface area contributed by atoms with Crippen molar-refractivity contribution in [3.8, 4) is 5.75 Å². The van der Waals surface area contributed by atoms with Crippen LogP contribution in [-0.4, -0.2) is 15.0 Å². The predicted molar refractivity (Wildman–Crippen MR) is 116 cm³/mol. The number of para-hydroxylation sites is 1. The highest BCUT2D eigenvalue weighted by atomic mass is 35.5. The number of aryl methyl sites for hydroxylation is 1. The molecule has 0 saturated heterocycles. The zero-order valence-electron chi connectivity index (χ0n) is 16.1. The summed E-state index contributed by atoms with van der Waals surface area (Å²) in [4.78, 5) is 0.284. The number of anilines is 1. The second-order valence-corrected chi connectivity index (χ2v) is 9.45. The van der Waals surface area contributed by atoms with E-state index in [0.29, 0.717) is 30.1 Å². The molecule has 1 heterocycles. The Morgan fingerprint density at radius 2 is 1.72 bits per heavy atom. The normalized spacial score (nSPS) is 16.8. The lowest BCUT2D eigenvalue weighted by atomic mass is 10.0. The third kappa shape index (κ3) is 4.11. The Balaban J connectivity index is 1.76. The molecular weight excluding hydrogens is 406 g/mol. The van der Waals surface area contributed by atoms with Crippen LogP contribution in [0.5, 0.6) is 5.75 Å². The minimum absolute atomic E-state index is 0.274. The fourth-order valence-corrected chi connectivity index (χ4v) is 5.29. The predicted octanol–water partition coefficient (Wildman–Crippen LogP) is 5.76. The largest absolute Gasteiger partial charge is 0.486 e. The first-order valence-electron chi connectivity index (χ1n) is 9.56. The Labute approximate surface area is 176 Å². The number of sulfonamides is 1. The second kappa shape index (κ2) is 8.09. The van der Waals surface area contributed by atoms with E-state index in [2.05, 4.69) is 0 Å². The van der Waals surface area contributed by atoms with Crippen LogP contribution in [0, 0.1) is 6.92 Å². The first kappa shape index (κ1) is 19.8. The van der Waals surface area contributed by atoms with Crippen LogP contribution in [0.1, 0.15) is 30.1 Å². The molecule has 1 unspecified atom stereocenters. The zero-order chi connectivity index (χ0) is 20.4. The summed E-state index contributed by atoms with van der Waals surface area (Å²) in [5, 5.41) is 0.556. The van der Waals surface area contributed by atoms with Gasteiger partial charge in [0.2, 0.25) is 0 Å². The average molecular weight is 428 g/mol. The van der Waals surface area contributed by atoms with Crippen LogP contribution < -0.4 is 9.04 Å². The standard InChI is InChI=1S/C23H22ClNO3S/c1-17-9-12-20(13-10-17)29(26,27)25-15-5-8-23(28-19-6-3-2-4-7-19)21-16-18(24)11-14-22(21)25/h2-4,6-7,9-14,16,23H,5,8,15H2,1H3. The number of rotatable bonds is 4. The fraction of sp³-hybridized carbons (Fsp3) is 0.217. The molecule has 1 aliphatic rings. The molecule has 3 aromatic rings. The van der Waals surface area contributed by atoms with Crippen molar-refractivity contribution >= 4 is 27.3 Å². The molecule has 0 bridgehead atoms. The van der Waals surface area contributed by atoms with Gasteiger partial charge in [-0.25, -0.2) is 8.42 Å². The molecule has 0 fully saturated rings. The number of ether oxygens (including phenoxy) is 1. The van der Waals surface area contributed by atoms with E-state index in [1.807, 2.05) is 55.5 Å². The Kier molecular flexibility index (Phi) is 5.52. The van der Waals surface area contributed by atoms with Gasteiger partial charge in [-0.2, -0.15) is 0 Å². The summed E-state index contributed by atoms with van der Waals surface area (Å²) in [5.74, 6) is 0.748. The van der Waals surface area contributed by atoms with E-state index in [1.165, 1.54) is 4.31 Å². The molecule has 4 rings (SSSR count). The summed E-state index contributed by atoms with van der Waals surface area (Å²) in [6, 6.07) is 21.8. The number of hydrogen-bond donors (Lipinski definition) is 0. The zero-order valence-corrected chi connectivity index (χ0v) is 17.7. The molecule has 1 aliphatic heterocycles. The smallest absolute Gasteiger partial charge is 0.264 e. The second-order valence-electron chi connectivity index (χ2n) is 7.16. The van der Waals surface area contributed by atoms with E-state index in [-0.39, 0.29) is 11.0 Å². The van der Waals surface area contributed by atoms with E-state index < -0.39 is 10.0 Å². The van der Waals surface area contributed by atoms with E-state index >= 15 is 0 Å². The van der Waals surface area contributed by atoms with Crippen molar-refractivity contribution in [3.63, 3.8) is 0 Å². The molecule has 6 heteroatoms. The minimum atomic E-state index is -3.69. The van der Waals surface area contributed by atoms with Gasteiger partial charge in [0.05, 0.1) is 10.6 Å². The molecule has 0 N–H and O–H groups in total. The fourth-order valence-electron chi connectivity index (χ4n) is 3.58. The Hall–Kier alpha value is -2.50. The molecule has 1 atom stereocenters. The van der Waals surface area contributed by atoms with Gasteiger partial charge in [-0.1, -0.05) is 47.5 Å². The van der Waals surface area contributed by atoms with Crippen LogP contribution in [-0.2, 0) is 10.0 Å². The summed E-state index contributed by atoms with van der Waals surface area (Å²) in [5.41, 5.74) is 2.42. The topological polar surface area (TPSA) is 46.6 Å². The van der Waals surface area contributed by atoms with Gasteiger partial charge >= 0.3 is 0 Å². The molecule has 0 aliphatic carbocycles. The van der Waals surface area contributed by atoms with Crippen LogP contribution in [0.3, 0.4) is 0 Å². The number of fused-ring (bicyclic) bond motifs is 1. The van der Waals surface area contributed by atoms with Crippen molar-refractivity contribution in [1.82, 2.24) is 0 Å². The van der Waals surface area contributed by atoms with E-state index in [0.717, 1.165) is 16.9 Å². The van der Waals surface area contributed by atoms with Crippen molar-refractivity contribution in [1.29, 1.82) is 0 Å². The van der Waals surface area contributed by atoms with Crippen molar-refractivity contribution in [3.05, 3.63) is 88.9 Å². The highest BCUT2D eigenvalue weighted by Gasteiger charge is 2.32. The van der Waals surface area contributed by atoms with Crippen molar-refractivity contribution in [2.75, 3.05) is 10.8 Å². The summed E-state index contributed by atoms with van der Waals surface area (Å²) >= 11 is 6.27. The molecule has 29 heavy (non-hydrogen) atoms. The van der Waals surface area contributed by atoms with E-state index in [9.17, 15) is 8.42 Å². The first-order chi connectivity index (χ1) is 13.9. The maximum absolute atomic E-state index is 13.4. The van der Waals surface area contributed by atoms with Crippen LogP contribution in [0.4, 0.5) is 5.69 Å². The van der Waals surface area contributed by atoms with Crippen LogP contribution in [0.2, 0.25) is 5.02 Å². The van der Waals surface area contributed by atoms with Gasteiger partial charge in [0.1, 0.15) is 11.9 Å². The lowest BCUT2D eigenvalue weighted by Crippen LogP contribution is -2.31. The number of benzene rings is 3. The molecule has 0 saturated carbocycles. The van der Waals surface area contributed by atoms with Crippen molar-refractivity contribution in [2.24, 2.45) is 0 Å². The molecule has 3 aromatic carbocycles. The number of hydrogen-bond acceptors (Lipinski definition) is 3. The maximum Gasteiger partial charge on any atom is 0.264 e. The molecule has 4 nitrogen and oxygen atoms in total. The number of nitrogens with zero attached hydrogens (tertiary/aromatic N) is 1. The average Bonchev–Trinajstić information content (AvgIpc) is 2.89.